The molecule has 0 aromatic heterocycles. The van der Waals surface area contributed by atoms with E-state index in [1.165, 1.54) is 9.21 Å². The highest BCUT2D eigenvalue weighted by molar-refractivity contribution is 7.92. The minimum absolute atomic E-state index is 0.0427. The van der Waals surface area contributed by atoms with Gasteiger partial charge in [-0.25, -0.2) is 8.42 Å². The lowest BCUT2D eigenvalue weighted by atomic mass is 10.0. The molecule has 3 rings (SSSR count). The molecule has 0 fully saturated rings. The molecule has 0 aliphatic heterocycles. The molecule has 41 heavy (non-hydrogen) atoms. The molecule has 0 heterocycles. The summed E-state index contributed by atoms with van der Waals surface area (Å²) in [5, 5.41) is 3.06. The number of carbonyl (C=O) groups is 2. The number of sulfonamides is 1. The molecule has 220 valence electrons. The van der Waals surface area contributed by atoms with Crippen molar-refractivity contribution in [3.63, 3.8) is 0 Å². The Morgan fingerprint density at radius 1 is 0.878 bits per heavy atom. The average Bonchev–Trinajstić information content (AvgIpc) is 2.93. The zero-order chi connectivity index (χ0) is 30.2. The molecule has 7 nitrogen and oxygen atoms in total. The number of nitrogens with zero attached hydrogens (tertiary/aromatic N) is 2. The van der Waals surface area contributed by atoms with E-state index in [0.717, 1.165) is 34.9 Å². The van der Waals surface area contributed by atoms with Gasteiger partial charge in [-0.1, -0.05) is 99.1 Å². The van der Waals surface area contributed by atoms with Crippen LogP contribution >= 0.6 is 0 Å². The molecular weight excluding hydrogens is 534 g/mol. The summed E-state index contributed by atoms with van der Waals surface area (Å²) in [5.41, 5.74) is 4.09. The Hall–Kier alpha value is -3.65. The molecular formula is C33H43N3O4S. The van der Waals surface area contributed by atoms with Crippen molar-refractivity contribution < 1.29 is 18.0 Å². The zero-order valence-corrected chi connectivity index (χ0v) is 25.8. The van der Waals surface area contributed by atoms with Crippen LogP contribution in [-0.2, 0) is 32.6 Å². The van der Waals surface area contributed by atoms with Gasteiger partial charge in [0.25, 0.3) is 0 Å². The summed E-state index contributed by atoms with van der Waals surface area (Å²) in [6.07, 6.45) is 2.14. The number of para-hydroxylation sites is 1. The molecule has 0 bridgehead atoms. The van der Waals surface area contributed by atoms with E-state index in [1.807, 2.05) is 101 Å². The third-order valence-corrected chi connectivity index (χ3v) is 8.34. The van der Waals surface area contributed by atoms with Gasteiger partial charge in [0, 0.05) is 19.0 Å². The van der Waals surface area contributed by atoms with E-state index in [1.54, 1.807) is 12.1 Å². The Balaban J connectivity index is 2.10. The summed E-state index contributed by atoms with van der Waals surface area (Å²) in [5.74, 6) is -0.672. The number of nitrogens with one attached hydrogen (secondary N) is 1. The first-order valence-electron chi connectivity index (χ1n) is 14.2. The third kappa shape index (κ3) is 8.92. The van der Waals surface area contributed by atoms with Crippen LogP contribution in [0, 0.1) is 6.92 Å². The maximum atomic E-state index is 14.3. The molecule has 0 aliphatic rings. The molecule has 0 radical (unpaired) electrons. The number of hydrogen-bond donors (Lipinski definition) is 1. The monoisotopic (exact) mass is 577 g/mol. The highest BCUT2D eigenvalue weighted by atomic mass is 32.2. The van der Waals surface area contributed by atoms with Crippen molar-refractivity contribution in [1.29, 1.82) is 0 Å². The Bertz CT molecular complexity index is 1420. The molecule has 0 saturated heterocycles. The summed E-state index contributed by atoms with van der Waals surface area (Å²) in [6, 6.07) is 23.7. The van der Waals surface area contributed by atoms with Gasteiger partial charge in [-0.15, -0.1) is 0 Å². The number of aryl methyl sites for hydroxylation is 1. The minimum Gasteiger partial charge on any atom is -0.352 e. The number of hydrogen-bond acceptors (Lipinski definition) is 4. The van der Waals surface area contributed by atoms with Crippen molar-refractivity contribution >= 4 is 27.5 Å². The Kier molecular flexibility index (Phi) is 11.1. The predicted molar refractivity (Wildman–Crippen MR) is 166 cm³/mol. The average molecular weight is 578 g/mol. The van der Waals surface area contributed by atoms with Crippen molar-refractivity contribution in [2.45, 2.75) is 72.0 Å². The minimum atomic E-state index is -3.82. The molecule has 1 N–H and O–H groups in total. The molecule has 3 aromatic rings. The van der Waals surface area contributed by atoms with Crippen LogP contribution in [0.2, 0.25) is 0 Å². The quantitative estimate of drug-likeness (QED) is 0.293. The van der Waals surface area contributed by atoms with Crippen molar-refractivity contribution in [1.82, 2.24) is 10.2 Å². The summed E-state index contributed by atoms with van der Waals surface area (Å²) in [7, 11) is -3.82. The van der Waals surface area contributed by atoms with Gasteiger partial charge in [-0.05, 0) is 48.9 Å². The number of rotatable bonds is 13. The fourth-order valence-electron chi connectivity index (χ4n) is 4.80. The first kappa shape index (κ1) is 31.9. The summed E-state index contributed by atoms with van der Waals surface area (Å²) in [4.78, 5) is 29.6. The highest BCUT2D eigenvalue weighted by Gasteiger charge is 2.34. The smallest absolute Gasteiger partial charge is 0.244 e. The van der Waals surface area contributed by atoms with Gasteiger partial charge >= 0.3 is 0 Å². The number of carbonyl (C=O) groups excluding carboxylic acids is 2. The lowest BCUT2D eigenvalue weighted by Gasteiger charge is -2.34. The van der Waals surface area contributed by atoms with Gasteiger partial charge < -0.3 is 10.2 Å². The fourth-order valence-corrected chi connectivity index (χ4v) is 5.67. The third-order valence-electron chi connectivity index (χ3n) is 7.21. The second kappa shape index (κ2) is 14.3. The molecule has 0 spiro atoms. The number of anilines is 1. The van der Waals surface area contributed by atoms with Crippen LogP contribution in [0.15, 0.2) is 78.9 Å². The van der Waals surface area contributed by atoms with Crippen LogP contribution in [0.1, 0.15) is 62.3 Å². The van der Waals surface area contributed by atoms with E-state index in [2.05, 4.69) is 5.32 Å². The van der Waals surface area contributed by atoms with E-state index in [0.29, 0.717) is 12.1 Å². The normalized spacial score (nSPS) is 13.0. The summed E-state index contributed by atoms with van der Waals surface area (Å²) >= 11 is 0. The maximum Gasteiger partial charge on any atom is 0.244 e. The maximum absolute atomic E-state index is 14.3. The van der Waals surface area contributed by atoms with Gasteiger partial charge in [-0.3, -0.25) is 13.9 Å². The van der Waals surface area contributed by atoms with Crippen molar-refractivity contribution in [3.8, 4) is 0 Å². The van der Waals surface area contributed by atoms with Gasteiger partial charge in [0.05, 0.1) is 11.9 Å². The van der Waals surface area contributed by atoms with Crippen molar-refractivity contribution in [2.75, 3.05) is 17.1 Å². The molecule has 8 heteroatoms. The second-order valence-corrected chi connectivity index (χ2v) is 12.9. The fraction of sp³-hybridized carbons (Fsp3) is 0.394. The summed E-state index contributed by atoms with van der Waals surface area (Å²) < 4.78 is 27.4. The van der Waals surface area contributed by atoms with E-state index in [4.69, 9.17) is 0 Å². The topological polar surface area (TPSA) is 86.8 Å². The Morgan fingerprint density at radius 3 is 2.12 bits per heavy atom. The standard InChI is InChI=1S/C33H43N3O4S/c1-7-26(5)34-33(38)31(21-27-15-9-8-10-16-27)35(22-28-17-13-14-25(4)20-28)32(37)23-36(41(6,39)40)30-19-12-11-18-29(30)24(2)3/h8-20,24,26,31H,7,21-23H2,1-6H3,(H,34,38)/t26-,31+/m1/s1. The predicted octanol–water partition coefficient (Wildman–Crippen LogP) is 5.44. The van der Waals surface area contributed by atoms with E-state index < -0.39 is 28.5 Å². The largest absolute Gasteiger partial charge is 0.352 e. The molecule has 0 unspecified atom stereocenters. The summed E-state index contributed by atoms with van der Waals surface area (Å²) in [6.45, 7) is 9.61. The van der Waals surface area contributed by atoms with Crippen LogP contribution in [0.3, 0.4) is 0 Å². The lowest BCUT2D eigenvalue weighted by molar-refractivity contribution is -0.140. The SMILES string of the molecule is CC[C@@H](C)NC(=O)[C@H](Cc1ccccc1)N(Cc1cccc(C)c1)C(=O)CN(c1ccccc1C(C)C)S(C)(=O)=O. The number of benzene rings is 3. The van der Waals surface area contributed by atoms with Crippen molar-refractivity contribution in [2.24, 2.45) is 0 Å². The molecule has 0 aliphatic carbocycles. The Morgan fingerprint density at radius 2 is 1.51 bits per heavy atom. The molecule has 0 saturated carbocycles. The Labute approximate surface area is 245 Å². The molecule has 2 atom stereocenters. The van der Waals surface area contributed by atoms with E-state index >= 15 is 0 Å². The second-order valence-electron chi connectivity index (χ2n) is 11.0. The first-order chi connectivity index (χ1) is 19.4. The van der Waals surface area contributed by atoms with Crippen LogP contribution in [-0.4, -0.2) is 50.0 Å². The lowest BCUT2D eigenvalue weighted by Crippen LogP contribution is -2.54. The first-order valence-corrected chi connectivity index (χ1v) is 16.0. The molecule has 3 aromatic carbocycles. The number of amides is 2. The van der Waals surface area contributed by atoms with Gasteiger partial charge in [0.15, 0.2) is 0 Å². The zero-order valence-electron chi connectivity index (χ0n) is 25.0. The van der Waals surface area contributed by atoms with Crippen LogP contribution < -0.4 is 9.62 Å². The highest BCUT2D eigenvalue weighted by Crippen LogP contribution is 2.29. The van der Waals surface area contributed by atoms with Crippen LogP contribution in [0.25, 0.3) is 0 Å². The van der Waals surface area contributed by atoms with Gasteiger partial charge in [0.2, 0.25) is 21.8 Å². The van der Waals surface area contributed by atoms with Crippen LogP contribution in [0.5, 0.6) is 0 Å². The van der Waals surface area contributed by atoms with Gasteiger partial charge in [0.1, 0.15) is 12.6 Å². The van der Waals surface area contributed by atoms with Crippen molar-refractivity contribution in [3.05, 3.63) is 101 Å². The molecule has 2 amide bonds. The van der Waals surface area contributed by atoms with E-state index in [-0.39, 0.29) is 24.4 Å². The van der Waals surface area contributed by atoms with Crippen LogP contribution in [0.4, 0.5) is 5.69 Å². The van der Waals surface area contributed by atoms with Gasteiger partial charge in [-0.2, -0.15) is 0 Å². The van der Waals surface area contributed by atoms with E-state index in [9.17, 15) is 18.0 Å².